The van der Waals surface area contributed by atoms with E-state index in [1.54, 1.807) is 0 Å². The van der Waals surface area contributed by atoms with Gasteiger partial charge < -0.3 is 19.2 Å². The summed E-state index contributed by atoms with van der Waals surface area (Å²) in [6.45, 7) is 5.74. The number of aryl methyl sites for hydroxylation is 1. The molecule has 2 aromatic heterocycles. The van der Waals surface area contributed by atoms with E-state index in [0.717, 1.165) is 30.5 Å². The fraction of sp³-hybridized carbons (Fsp3) is 0.450. The zero-order valence-electron chi connectivity index (χ0n) is 15.1. The third kappa shape index (κ3) is 2.63. The lowest BCUT2D eigenvalue weighted by atomic mass is 10.2. The fourth-order valence-corrected chi connectivity index (χ4v) is 3.98. The third-order valence-electron chi connectivity index (χ3n) is 5.15. The van der Waals surface area contributed by atoms with Crippen LogP contribution in [-0.4, -0.2) is 34.3 Å². The van der Waals surface area contributed by atoms with Crippen LogP contribution in [0.2, 0.25) is 0 Å². The number of fused-ring (bicyclic) bond motifs is 3. The number of para-hydroxylation sites is 1. The molecular formula is C20H25N3O2. The molecular weight excluding hydrogens is 314 g/mol. The highest BCUT2D eigenvalue weighted by molar-refractivity contribution is 6.10. The van der Waals surface area contributed by atoms with E-state index in [-0.39, 0.29) is 12.0 Å². The molecule has 1 atom stereocenters. The predicted octanol–water partition coefficient (Wildman–Crippen LogP) is 3.62. The molecule has 1 N–H and O–H groups in total. The standard InChI is InChI=1S/C20H25N3O2/c1-13(2)23-16-9-5-4-8-15(16)19-17(23)11-18(22(19)3)20(24)21-12-14-7-6-10-25-14/h4-5,8-9,11,13-14H,6-7,10,12H2,1-3H3,(H,21,24)/t14-/m0/s1. The van der Waals surface area contributed by atoms with E-state index in [1.165, 1.54) is 10.9 Å². The second-order valence-corrected chi connectivity index (χ2v) is 7.15. The number of hydrogen-bond donors (Lipinski definition) is 1. The van der Waals surface area contributed by atoms with Gasteiger partial charge >= 0.3 is 0 Å². The van der Waals surface area contributed by atoms with Crippen LogP contribution in [0.5, 0.6) is 0 Å². The monoisotopic (exact) mass is 339 g/mol. The van der Waals surface area contributed by atoms with Gasteiger partial charge in [-0.2, -0.15) is 0 Å². The molecule has 1 aliphatic rings. The molecule has 0 radical (unpaired) electrons. The highest BCUT2D eigenvalue weighted by Gasteiger charge is 2.22. The molecule has 132 valence electrons. The van der Waals surface area contributed by atoms with Crippen molar-refractivity contribution >= 4 is 27.8 Å². The lowest BCUT2D eigenvalue weighted by molar-refractivity contribution is 0.0851. The quantitative estimate of drug-likeness (QED) is 0.789. The minimum absolute atomic E-state index is 0.0337. The van der Waals surface area contributed by atoms with Crippen molar-refractivity contribution in [3.05, 3.63) is 36.0 Å². The largest absolute Gasteiger partial charge is 0.376 e. The molecule has 3 heterocycles. The average Bonchev–Trinajstić information content (AvgIpc) is 3.28. The first-order valence-electron chi connectivity index (χ1n) is 9.06. The molecule has 0 spiro atoms. The number of benzene rings is 1. The van der Waals surface area contributed by atoms with Crippen LogP contribution in [-0.2, 0) is 11.8 Å². The van der Waals surface area contributed by atoms with Crippen LogP contribution in [0.25, 0.3) is 21.9 Å². The normalized spacial score (nSPS) is 17.8. The van der Waals surface area contributed by atoms with Gasteiger partial charge in [0.15, 0.2) is 0 Å². The van der Waals surface area contributed by atoms with Crippen molar-refractivity contribution in [1.29, 1.82) is 0 Å². The minimum atomic E-state index is -0.0337. The van der Waals surface area contributed by atoms with Gasteiger partial charge in [0.1, 0.15) is 5.69 Å². The minimum Gasteiger partial charge on any atom is -0.376 e. The number of rotatable bonds is 4. The number of carbonyl (C=O) groups is 1. The Morgan fingerprint density at radius 2 is 2.12 bits per heavy atom. The molecule has 0 unspecified atom stereocenters. The molecule has 0 aliphatic carbocycles. The number of nitrogens with one attached hydrogen (secondary N) is 1. The Hall–Kier alpha value is -2.27. The molecule has 25 heavy (non-hydrogen) atoms. The lowest BCUT2D eigenvalue weighted by Gasteiger charge is -2.12. The summed E-state index contributed by atoms with van der Waals surface area (Å²) >= 11 is 0. The van der Waals surface area contributed by atoms with Crippen LogP contribution in [0, 0.1) is 0 Å². The molecule has 0 saturated carbocycles. The maximum Gasteiger partial charge on any atom is 0.268 e. The summed E-state index contributed by atoms with van der Waals surface area (Å²) in [5.41, 5.74) is 4.14. The fourth-order valence-electron chi connectivity index (χ4n) is 3.98. The average molecular weight is 339 g/mol. The highest BCUT2D eigenvalue weighted by Crippen LogP contribution is 2.33. The molecule has 1 fully saturated rings. The summed E-state index contributed by atoms with van der Waals surface area (Å²) < 4.78 is 9.92. The third-order valence-corrected chi connectivity index (χ3v) is 5.15. The summed E-state index contributed by atoms with van der Waals surface area (Å²) in [6.07, 6.45) is 2.27. The molecule has 0 bridgehead atoms. The van der Waals surface area contributed by atoms with Crippen molar-refractivity contribution in [3.63, 3.8) is 0 Å². The molecule has 1 amide bonds. The molecule has 4 rings (SSSR count). The van der Waals surface area contributed by atoms with Gasteiger partial charge in [0.2, 0.25) is 0 Å². The van der Waals surface area contributed by atoms with E-state index in [0.29, 0.717) is 18.3 Å². The van der Waals surface area contributed by atoms with Crippen molar-refractivity contribution in [2.24, 2.45) is 7.05 Å². The van der Waals surface area contributed by atoms with Gasteiger partial charge in [0.25, 0.3) is 5.91 Å². The summed E-state index contributed by atoms with van der Waals surface area (Å²) in [6, 6.07) is 10.7. The Morgan fingerprint density at radius 1 is 1.32 bits per heavy atom. The van der Waals surface area contributed by atoms with E-state index in [9.17, 15) is 4.79 Å². The molecule has 1 aliphatic heterocycles. The van der Waals surface area contributed by atoms with Gasteiger partial charge in [-0.25, -0.2) is 0 Å². The Morgan fingerprint density at radius 3 is 2.84 bits per heavy atom. The van der Waals surface area contributed by atoms with E-state index >= 15 is 0 Å². The Labute approximate surface area is 147 Å². The Kier molecular flexibility index (Phi) is 4.04. The van der Waals surface area contributed by atoms with E-state index < -0.39 is 0 Å². The first-order chi connectivity index (χ1) is 12.1. The molecule has 5 heteroatoms. The molecule has 1 saturated heterocycles. The number of amides is 1. The molecule has 5 nitrogen and oxygen atoms in total. The summed E-state index contributed by atoms with van der Waals surface area (Å²) in [5, 5.41) is 4.22. The van der Waals surface area contributed by atoms with Crippen LogP contribution in [0.4, 0.5) is 0 Å². The zero-order valence-corrected chi connectivity index (χ0v) is 15.1. The summed E-state index contributed by atoms with van der Waals surface area (Å²) in [7, 11) is 1.97. The maximum absolute atomic E-state index is 12.7. The van der Waals surface area contributed by atoms with Crippen molar-refractivity contribution < 1.29 is 9.53 Å². The van der Waals surface area contributed by atoms with Gasteiger partial charge in [0.05, 0.1) is 22.7 Å². The second kappa shape index (κ2) is 6.23. The SMILES string of the molecule is CC(C)n1c2ccccc2c2c1cc(C(=O)NC[C@@H]1CCCO1)n2C. The predicted molar refractivity (Wildman–Crippen MR) is 100 cm³/mol. The van der Waals surface area contributed by atoms with Crippen LogP contribution < -0.4 is 5.32 Å². The molecule has 3 aromatic rings. The zero-order chi connectivity index (χ0) is 17.6. The highest BCUT2D eigenvalue weighted by atomic mass is 16.5. The topological polar surface area (TPSA) is 48.2 Å². The maximum atomic E-state index is 12.7. The number of hydrogen-bond acceptors (Lipinski definition) is 2. The van der Waals surface area contributed by atoms with E-state index in [4.69, 9.17) is 4.74 Å². The van der Waals surface area contributed by atoms with Crippen LogP contribution in [0.15, 0.2) is 30.3 Å². The number of nitrogens with zero attached hydrogens (tertiary/aromatic N) is 2. The van der Waals surface area contributed by atoms with Crippen LogP contribution >= 0.6 is 0 Å². The molecule has 1 aromatic carbocycles. The van der Waals surface area contributed by atoms with Gasteiger partial charge in [-0.05, 0) is 38.8 Å². The first-order valence-corrected chi connectivity index (χ1v) is 9.06. The van der Waals surface area contributed by atoms with Gasteiger partial charge in [-0.1, -0.05) is 18.2 Å². The van der Waals surface area contributed by atoms with E-state index in [2.05, 4.69) is 48.0 Å². The summed E-state index contributed by atoms with van der Waals surface area (Å²) in [5.74, 6) is -0.0337. The van der Waals surface area contributed by atoms with Gasteiger partial charge in [0, 0.05) is 31.6 Å². The van der Waals surface area contributed by atoms with Crippen molar-refractivity contribution in [2.45, 2.75) is 38.8 Å². The number of aromatic nitrogens is 2. The second-order valence-electron chi connectivity index (χ2n) is 7.15. The smallest absolute Gasteiger partial charge is 0.268 e. The number of carbonyl (C=O) groups excluding carboxylic acids is 1. The summed E-state index contributed by atoms with van der Waals surface area (Å²) in [4.78, 5) is 12.7. The number of ether oxygens (including phenoxy) is 1. The van der Waals surface area contributed by atoms with Gasteiger partial charge in [-0.3, -0.25) is 4.79 Å². The lowest BCUT2D eigenvalue weighted by Crippen LogP contribution is -2.32. The van der Waals surface area contributed by atoms with Crippen LogP contribution in [0.3, 0.4) is 0 Å². The van der Waals surface area contributed by atoms with Crippen LogP contribution in [0.1, 0.15) is 43.2 Å². The van der Waals surface area contributed by atoms with Crippen molar-refractivity contribution in [1.82, 2.24) is 14.5 Å². The van der Waals surface area contributed by atoms with E-state index in [1.807, 2.05) is 17.7 Å². The Balaban J connectivity index is 1.74. The Bertz CT molecular complexity index is 929. The van der Waals surface area contributed by atoms with Crippen molar-refractivity contribution in [2.75, 3.05) is 13.2 Å². The van der Waals surface area contributed by atoms with Crippen molar-refractivity contribution in [3.8, 4) is 0 Å². The first kappa shape index (κ1) is 16.2. The van der Waals surface area contributed by atoms with Gasteiger partial charge in [-0.15, -0.1) is 0 Å².